The average molecular weight is 381 g/mol. The molecule has 1 heterocycles. The van der Waals surface area contributed by atoms with E-state index in [9.17, 15) is 4.79 Å². The number of nitrogens with zero attached hydrogens (tertiary/aromatic N) is 2. The summed E-state index contributed by atoms with van der Waals surface area (Å²) in [5.74, 6) is 1.44. The van der Waals surface area contributed by atoms with E-state index in [1.807, 2.05) is 23.1 Å². The number of hydrogen-bond donors (Lipinski definition) is 0. The van der Waals surface area contributed by atoms with Crippen LogP contribution in [-0.2, 0) is 17.9 Å². The van der Waals surface area contributed by atoms with Crippen molar-refractivity contribution >= 4 is 5.91 Å². The Morgan fingerprint density at radius 1 is 0.964 bits per heavy atom. The summed E-state index contributed by atoms with van der Waals surface area (Å²) in [6.07, 6.45) is 1.93. The number of carbonyl (C=O) groups is 1. The first-order chi connectivity index (χ1) is 13.7. The maximum absolute atomic E-state index is 12.5. The van der Waals surface area contributed by atoms with Crippen LogP contribution in [0.1, 0.15) is 37.8 Å². The number of ether oxygens (including phenoxy) is 1. The van der Waals surface area contributed by atoms with Gasteiger partial charge < -0.3 is 9.64 Å². The molecule has 1 aliphatic heterocycles. The van der Waals surface area contributed by atoms with Crippen molar-refractivity contribution in [2.24, 2.45) is 5.92 Å². The summed E-state index contributed by atoms with van der Waals surface area (Å²) in [7, 11) is 0. The Morgan fingerprint density at radius 2 is 1.61 bits per heavy atom. The summed E-state index contributed by atoms with van der Waals surface area (Å²) in [5.41, 5.74) is 2.47. The molecule has 1 aliphatic rings. The second-order valence-corrected chi connectivity index (χ2v) is 7.48. The molecule has 0 atom stereocenters. The molecule has 4 nitrogen and oxygen atoms in total. The third-order valence-corrected chi connectivity index (χ3v) is 5.59. The molecule has 2 aromatic carbocycles. The summed E-state index contributed by atoms with van der Waals surface area (Å²) < 4.78 is 5.87. The van der Waals surface area contributed by atoms with Gasteiger partial charge in [0.1, 0.15) is 12.4 Å². The van der Waals surface area contributed by atoms with Gasteiger partial charge in [0.2, 0.25) is 5.91 Å². The molecule has 1 saturated heterocycles. The lowest BCUT2D eigenvalue weighted by molar-refractivity contribution is -0.136. The number of amides is 1. The molecule has 3 rings (SSSR count). The molecule has 2 aromatic rings. The van der Waals surface area contributed by atoms with Crippen molar-refractivity contribution in [3.8, 4) is 5.75 Å². The van der Waals surface area contributed by atoms with Crippen LogP contribution in [0.25, 0.3) is 0 Å². The number of piperidine rings is 1. The molecule has 4 heteroatoms. The van der Waals surface area contributed by atoms with E-state index in [-0.39, 0.29) is 5.92 Å². The van der Waals surface area contributed by atoms with E-state index in [0.29, 0.717) is 12.5 Å². The highest BCUT2D eigenvalue weighted by molar-refractivity contribution is 5.78. The molecule has 0 spiro atoms. The Balaban J connectivity index is 1.44. The topological polar surface area (TPSA) is 32.8 Å². The molecule has 0 aromatic heterocycles. The fourth-order valence-corrected chi connectivity index (χ4v) is 3.82. The van der Waals surface area contributed by atoms with Gasteiger partial charge in [-0.2, -0.15) is 0 Å². The number of hydrogen-bond acceptors (Lipinski definition) is 3. The van der Waals surface area contributed by atoms with Crippen LogP contribution in [0.15, 0.2) is 54.6 Å². The maximum atomic E-state index is 12.5. The third kappa shape index (κ3) is 5.59. The highest BCUT2D eigenvalue weighted by Crippen LogP contribution is 2.22. The van der Waals surface area contributed by atoms with Crippen LogP contribution in [0.2, 0.25) is 0 Å². The Kier molecular flexibility index (Phi) is 7.49. The average Bonchev–Trinajstić information content (AvgIpc) is 2.75. The smallest absolute Gasteiger partial charge is 0.225 e. The molecule has 0 radical (unpaired) electrons. The van der Waals surface area contributed by atoms with Gasteiger partial charge in [-0.15, -0.1) is 0 Å². The van der Waals surface area contributed by atoms with Gasteiger partial charge in [0.15, 0.2) is 0 Å². The second-order valence-electron chi connectivity index (χ2n) is 7.48. The zero-order chi connectivity index (χ0) is 19.8. The predicted octanol–water partition coefficient (Wildman–Crippen LogP) is 4.35. The molecular formula is C24H32N2O2. The van der Waals surface area contributed by atoms with Gasteiger partial charge in [0, 0.05) is 25.6 Å². The number of likely N-dealkylation sites (tertiary alicyclic amines) is 1. The molecule has 0 unspecified atom stereocenters. The first-order valence-corrected chi connectivity index (χ1v) is 10.5. The lowest BCUT2D eigenvalue weighted by Gasteiger charge is -2.33. The van der Waals surface area contributed by atoms with Crippen LogP contribution >= 0.6 is 0 Å². The molecule has 150 valence electrons. The van der Waals surface area contributed by atoms with E-state index >= 15 is 0 Å². The molecule has 1 amide bonds. The zero-order valence-electron chi connectivity index (χ0n) is 17.1. The summed E-state index contributed by atoms with van der Waals surface area (Å²) in [4.78, 5) is 16.9. The quantitative estimate of drug-likeness (QED) is 0.683. The number of carbonyl (C=O) groups excluding carboxylic acids is 1. The molecule has 0 bridgehead atoms. The summed E-state index contributed by atoms with van der Waals surface area (Å²) in [5, 5.41) is 0. The SMILES string of the molecule is CCN(CC)C(=O)C1CCN(Cc2ccc(OCc3ccccc3)cc2)CC1. The van der Waals surface area contributed by atoms with Crippen molar-refractivity contribution in [2.75, 3.05) is 26.2 Å². The van der Waals surface area contributed by atoms with Crippen molar-refractivity contribution < 1.29 is 9.53 Å². The summed E-state index contributed by atoms with van der Waals surface area (Å²) >= 11 is 0. The van der Waals surface area contributed by atoms with E-state index in [1.165, 1.54) is 11.1 Å². The minimum absolute atomic E-state index is 0.199. The van der Waals surface area contributed by atoms with Gasteiger partial charge in [-0.25, -0.2) is 0 Å². The number of rotatable bonds is 8. The van der Waals surface area contributed by atoms with E-state index in [2.05, 4.69) is 55.1 Å². The molecule has 0 saturated carbocycles. The van der Waals surface area contributed by atoms with Gasteiger partial charge in [0.05, 0.1) is 0 Å². The van der Waals surface area contributed by atoms with Crippen molar-refractivity contribution in [2.45, 2.75) is 39.8 Å². The minimum Gasteiger partial charge on any atom is -0.489 e. The van der Waals surface area contributed by atoms with Gasteiger partial charge >= 0.3 is 0 Å². The molecule has 1 fully saturated rings. The third-order valence-electron chi connectivity index (χ3n) is 5.59. The Labute approximate surface area is 169 Å². The van der Waals surface area contributed by atoms with Crippen LogP contribution in [0.3, 0.4) is 0 Å². The molecular weight excluding hydrogens is 348 g/mol. The minimum atomic E-state index is 0.199. The lowest BCUT2D eigenvalue weighted by Crippen LogP contribution is -2.42. The van der Waals surface area contributed by atoms with Crippen LogP contribution in [0.4, 0.5) is 0 Å². The Hall–Kier alpha value is -2.33. The van der Waals surface area contributed by atoms with E-state index in [4.69, 9.17) is 4.74 Å². The van der Waals surface area contributed by atoms with Gasteiger partial charge in [-0.05, 0) is 63.0 Å². The fraction of sp³-hybridized carbons (Fsp3) is 0.458. The first-order valence-electron chi connectivity index (χ1n) is 10.5. The van der Waals surface area contributed by atoms with Gasteiger partial charge in [0.25, 0.3) is 0 Å². The molecule has 0 N–H and O–H groups in total. The zero-order valence-corrected chi connectivity index (χ0v) is 17.1. The largest absolute Gasteiger partial charge is 0.489 e. The summed E-state index contributed by atoms with van der Waals surface area (Å²) in [6, 6.07) is 18.6. The van der Waals surface area contributed by atoms with Crippen LogP contribution < -0.4 is 4.74 Å². The summed E-state index contributed by atoms with van der Waals surface area (Å²) in [6.45, 7) is 9.25. The predicted molar refractivity (Wildman–Crippen MR) is 113 cm³/mol. The molecule has 28 heavy (non-hydrogen) atoms. The number of benzene rings is 2. The van der Waals surface area contributed by atoms with Gasteiger partial charge in [-0.3, -0.25) is 9.69 Å². The lowest BCUT2D eigenvalue weighted by atomic mass is 9.95. The van der Waals surface area contributed by atoms with Crippen LogP contribution in [0.5, 0.6) is 5.75 Å². The standard InChI is InChI=1S/C24H32N2O2/c1-3-26(4-2)24(27)22-14-16-25(17-15-22)18-20-10-12-23(13-11-20)28-19-21-8-6-5-7-9-21/h5-13,22H,3-4,14-19H2,1-2H3. The van der Waals surface area contributed by atoms with E-state index in [0.717, 1.165) is 51.3 Å². The highest BCUT2D eigenvalue weighted by Gasteiger charge is 2.27. The Morgan fingerprint density at radius 3 is 2.21 bits per heavy atom. The van der Waals surface area contributed by atoms with Crippen molar-refractivity contribution in [1.29, 1.82) is 0 Å². The van der Waals surface area contributed by atoms with Crippen molar-refractivity contribution in [3.05, 3.63) is 65.7 Å². The monoisotopic (exact) mass is 380 g/mol. The maximum Gasteiger partial charge on any atom is 0.225 e. The second kappa shape index (κ2) is 10.3. The van der Waals surface area contributed by atoms with Crippen molar-refractivity contribution in [3.63, 3.8) is 0 Å². The van der Waals surface area contributed by atoms with E-state index in [1.54, 1.807) is 0 Å². The normalized spacial score (nSPS) is 15.4. The van der Waals surface area contributed by atoms with E-state index < -0.39 is 0 Å². The van der Waals surface area contributed by atoms with Crippen LogP contribution in [-0.4, -0.2) is 41.9 Å². The van der Waals surface area contributed by atoms with Crippen LogP contribution in [0, 0.1) is 5.92 Å². The van der Waals surface area contributed by atoms with Crippen molar-refractivity contribution in [1.82, 2.24) is 9.80 Å². The Bertz CT molecular complexity index is 718. The van der Waals surface area contributed by atoms with Gasteiger partial charge in [-0.1, -0.05) is 42.5 Å². The highest BCUT2D eigenvalue weighted by atomic mass is 16.5. The fourth-order valence-electron chi connectivity index (χ4n) is 3.82. The molecule has 0 aliphatic carbocycles. The first kappa shape index (κ1) is 20.4.